The number of nitrogens with one attached hydrogen (secondary N) is 1. The predicted octanol–water partition coefficient (Wildman–Crippen LogP) is 18.9. The highest BCUT2D eigenvalue weighted by Gasteiger charge is 2.33. The maximum atomic E-state index is 3.99. The summed E-state index contributed by atoms with van der Waals surface area (Å²) in [5.74, 6) is 0. The maximum absolute atomic E-state index is 3.99. The molecule has 0 unspecified atom stereocenters. The molecule has 2 aliphatic carbocycles. The highest BCUT2D eigenvalue weighted by Crippen LogP contribution is 2.60. The van der Waals surface area contributed by atoms with Crippen molar-refractivity contribution in [1.82, 2.24) is 4.98 Å². The second kappa shape index (κ2) is 14.7. The highest BCUT2D eigenvalue weighted by molar-refractivity contribution is 6.30. The van der Waals surface area contributed by atoms with Gasteiger partial charge in [0.1, 0.15) is 0 Å². The molecule has 1 aromatic heterocycles. The zero-order valence-electron chi connectivity index (χ0n) is 37.6. The van der Waals surface area contributed by atoms with E-state index in [0.717, 1.165) is 11.4 Å². The molecule has 0 saturated carbocycles. The summed E-state index contributed by atoms with van der Waals surface area (Å²) >= 11 is 0. The summed E-state index contributed by atoms with van der Waals surface area (Å²) in [7, 11) is 0. The molecule has 1 heterocycles. The third-order valence-corrected chi connectivity index (χ3v) is 15.1. The summed E-state index contributed by atoms with van der Waals surface area (Å²) in [5, 5.41) is 10.2. The highest BCUT2D eigenvalue weighted by atomic mass is 14.7. The lowest BCUT2D eigenvalue weighted by molar-refractivity contribution is 1.41. The van der Waals surface area contributed by atoms with Gasteiger partial charge in [-0.3, -0.25) is 0 Å². The van der Waals surface area contributed by atoms with Gasteiger partial charge < -0.3 is 4.98 Å². The van der Waals surface area contributed by atoms with Crippen molar-refractivity contribution in [1.29, 1.82) is 0 Å². The van der Waals surface area contributed by atoms with E-state index in [4.69, 9.17) is 0 Å². The molecule has 1 N–H and O–H groups in total. The Morgan fingerprint density at radius 3 is 0.754 bits per heavy atom. The van der Waals surface area contributed by atoms with Gasteiger partial charge >= 0.3 is 0 Å². The van der Waals surface area contributed by atoms with Gasteiger partial charge in [0.15, 0.2) is 0 Å². The number of rotatable bonds is 6. The van der Waals surface area contributed by atoms with Crippen LogP contribution in [-0.2, 0) is 0 Å². The van der Waals surface area contributed by atoms with Gasteiger partial charge in [0.2, 0.25) is 0 Å². The average molecular weight is 872 g/mol. The van der Waals surface area contributed by atoms with Crippen molar-refractivity contribution in [3.05, 3.63) is 243 Å². The molecule has 0 aliphatic heterocycles. The predicted molar refractivity (Wildman–Crippen MR) is 292 cm³/mol. The first-order valence-electron chi connectivity index (χ1n) is 24.0. The minimum absolute atomic E-state index is 1.11. The molecule has 12 aromatic carbocycles. The Morgan fingerprint density at radius 1 is 0.174 bits per heavy atom. The third-order valence-electron chi connectivity index (χ3n) is 15.1. The Balaban J connectivity index is 0.930. The van der Waals surface area contributed by atoms with Crippen LogP contribution in [-0.4, -0.2) is 4.98 Å². The Kier molecular flexibility index (Phi) is 8.13. The number of fused-ring (bicyclic) bond motifs is 8. The second-order valence-electron chi connectivity index (χ2n) is 18.6. The molecule has 0 atom stereocenters. The zero-order chi connectivity index (χ0) is 45.2. The first kappa shape index (κ1) is 38.1. The molecular formula is C68H41N. The number of hydrogen-bond donors (Lipinski definition) is 1. The van der Waals surface area contributed by atoms with Gasteiger partial charge in [-0.2, -0.15) is 0 Å². The normalized spacial score (nSPS) is 12.1. The Labute approximate surface area is 400 Å². The van der Waals surface area contributed by atoms with Crippen molar-refractivity contribution in [3.8, 4) is 112 Å². The molecule has 15 rings (SSSR count). The molecule has 0 amide bonds. The van der Waals surface area contributed by atoms with Gasteiger partial charge in [-0.05, 0) is 144 Å². The summed E-state index contributed by atoms with van der Waals surface area (Å²) < 4.78 is 0. The minimum Gasteiger partial charge on any atom is -0.355 e. The average Bonchev–Trinajstić information content (AvgIpc) is 4.13. The minimum atomic E-state index is 1.11. The van der Waals surface area contributed by atoms with Gasteiger partial charge in [-0.1, -0.05) is 231 Å². The summed E-state index contributed by atoms with van der Waals surface area (Å²) in [6.45, 7) is 0. The summed E-state index contributed by atoms with van der Waals surface area (Å²) in [4.78, 5) is 3.99. The molecule has 69 heavy (non-hydrogen) atoms. The van der Waals surface area contributed by atoms with Crippen LogP contribution in [0, 0.1) is 0 Å². The van der Waals surface area contributed by atoms with E-state index in [2.05, 4.69) is 248 Å². The van der Waals surface area contributed by atoms with Crippen LogP contribution in [0.3, 0.4) is 0 Å². The fourth-order valence-electron chi connectivity index (χ4n) is 12.4. The number of hydrogen-bond acceptors (Lipinski definition) is 0. The SMILES string of the molecule is c1ccc(-c2c3c(c(-c4ccccc4)c4ccccc24)-c2ccc(-c4ccc(-c5ccc6c7c(cccc57)-c5c-6c(-c6ccccc6)c6ccccc6c5-c5ccccc5)[nH]4)c4cccc-3c24)cc1. The molecular weight excluding hydrogens is 831 g/mol. The maximum Gasteiger partial charge on any atom is 0.0465 e. The van der Waals surface area contributed by atoms with Crippen LogP contribution in [0.5, 0.6) is 0 Å². The van der Waals surface area contributed by atoms with Crippen molar-refractivity contribution >= 4 is 43.1 Å². The molecule has 0 saturated heterocycles. The molecule has 0 fully saturated rings. The quantitative estimate of drug-likeness (QED) is 0.171. The first-order chi connectivity index (χ1) is 34.3. The van der Waals surface area contributed by atoms with Crippen LogP contribution in [0.4, 0.5) is 0 Å². The smallest absolute Gasteiger partial charge is 0.0465 e. The summed E-state index contributed by atoms with van der Waals surface area (Å²) in [6.07, 6.45) is 0. The van der Waals surface area contributed by atoms with Gasteiger partial charge in [0, 0.05) is 22.5 Å². The second-order valence-corrected chi connectivity index (χ2v) is 18.6. The van der Waals surface area contributed by atoms with Crippen LogP contribution >= 0.6 is 0 Å². The van der Waals surface area contributed by atoms with Crippen molar-refractivity contribution in [2.24, 2.45) is 0 Å². The molecule has 0 radical (unpaired) electrons. The van der Waals surface area contributed by atoms with E-state index in [9.17, 15) is 0 Å². The monoisotopic (exact) mass is 871 g/mol. The Morgan fingerprint density at radius 2 is 0.435 bits per heavy atom. The van der Waals surface area contributed by atoms with Crippen LogP contribution < -0.4 is 0 Å². The van der Waals surface area contributed by atoms with Gasteiger partial charge in [0.05, 0.1) is 0 Å². The molecule has 0 bridgehead atoms. The van der Waals surface area contributed by atoms with Crippen molar-refractivity contribution < 1.29 is 0 Å². The Hall–Kier alpha value is -9.04. The van der Waals surface area contributed by atoms with Crippen LogP contribution in [0.25, 0.3) is 155 Å². The molecule has 1 nitrogen and oxygen atoms in total. The van der Waals surface area contributed by atoms with Crippen molar-refractivity contribution in [2.75, 3.05) is 0 Å². The zero-order valence-corrected chi connectivity index (χ0v) is 37.6. The van der Waals surface area contributed by atoms with E-state index in [1.165, 1.54) is 143 Å². The standard InChI is InChI=1S/C68H41N/c1-5-19-41(20-6-1)59-49-27-13-15-29-51(49)61(43-23-9-3-10-24-43)67-55-37-35-45(47-31-17-33-53(63(47)55)65(59)67)57-39-40-58(69-57)46-36-38-56-64-48(46)32-18-34-54(64)66-60(42-21-7-2-8-22-42)50-28-14-16-30-52(50)62(68(56)66)44-25-11-4-12-26-44/h1-40,69H. The number of aromatic amines is 1. The molecule has 13 aromatic rings. The van der Waals surface area contributed by atoms with Crippen LogP contribution in [0.15, 0.2) is 243 Å². The lowest BCUT2D eigenvalue weighted by atomic mass is 9.82. The van der Waals surface area contributed by atoms with Gasteiger partial charge in [-0.15, -0.1) is 0 Å². The lowest BCUT2D eigenvalue weighted by Gasteiger charge is -2.20. The topological polar surface area (TPSA) is 15.8 Å². The molecule has 318 valence electrons. The summed E-state index contributed by atoms with van der Waals surface area (Å²) in [6, 6.07) is 89.8. The molecule has 0 spiro atoms. The molecule has 2 aliphatic rings. The van der Waals surface area contributed by atoms with Crippen LogP contribution in [0.2, 0.25) is 0 Å². The van der Waals surface area contributed by atoms with Crippen molar-refractivity contribution in [3.63, 3.8) is 0 Å². The number of benzene rings is 12. The van der Waals surface area contributed by atoms with E-state index in [0.29, 0.717) is 0 Å². The Bertz CT molecular complexity index is 3800. The van der Waals surface area contributed by atoms with E-state index in [1.54, 1.807) is 0 Å². The summed E-state index contributed by atoms with van der Waals surface area (Å²) in [5.41, 5.74) is 25.2. The van der Waals surface area contributed by atoms with E-state index in [1.807, 2.05) is 0 Å². The van der Waals surface area contributed by atoms with E-state index >= 15 is 0 Å². The van der Waals surface area contributed by atoms with Gasteiger partial charge in [-0.25, -0.2) is 0 Å². The van der Waals surface area contributed by atoms with Crippen molar-refractivity contribution in [2.45, 2.75) is 0 Å². The lowest BCUT2D eigenvalue weighted by Crippen LogP contribution is -1.93. The number of aromatic nitrogens is 1. The largest absolute Gasteiger partial charge is 0.355 e. The van der Waals surface area contributed by atoms with Crippen LogP contribution in [0.1, 0.15) is 0 Å². The van der Waals surface area contributed by atoms with E-state index in [-0.39, 0.29) is 0 Å². The fourth-order valence-corrected chi connectivity index (χ4v) is 12.4. The third kappa shape index (κ3) is 5.41. The van der Waals surface area contributed by atoms with E-state index < -0.39 is 0 Å². The molecule has 1 heteroatoms. The fraction of sp³-hybridized carbons (Fsp3) is 0. The first-order valence-corrected chi connectivity index (χ1v) is 24.0. The van der Waals surface area contributed by atoms with Gasteiger partial charge in [0.25, 0.3) is 0 Å². The number of H-pyrrole nitrogens is 1.